The van der Waals surface area contributed by atoms with E-state index in [0.717, 1.165) is 0 Å². The lowest BCUT2D eigenvalue weighted by Crippen LogP contribution is -2.49. The SMILES string of the molecule is O=C1[C@@H]2[C@@H](C(=O)N1c1ccc(Br)c(Cl)c1)[C@@]1(C3OCCO3)C=C[C@H]2O1. The van der Waals surface area contributed by atoms with Crippen LogP contribution in [0.25, 0.3) is 0 Å². The molecule has 0 aromatic heterocycles. The lowest BCUT2D eigenvalue weighted by Gasteiger charge is -2.32. The van der Waals surface area contributed by atoms with Gasteiger partial charge in [-0.15, -0.1) is 0 Å². The van der Waals surface area contributed by atoms with Crippen molar-refractivity contribution in [2.75, 3.05) is 18.1 Å². The van der Waals surface area contributed by atoms with Gasteiger partial charge in [-0.1, -0.05) is 17.7 Å². The summed E-state index contributed by atoms with van der Waals surface area (Å²) in [6.45, 7) is 0.889. The van der Waals surface area contributed by atoms with Gasteiger partial charge in [0.1, 0.15) is 0 Å². The lowest BCUT2D eigenvalue weighted by atomic mass is 9.76. The van der Waals surface area contributed by atoms with E-state index in [-0.39, 0.29) is 11.8 Å². The minimum Gasteiger partial charge on any atom is -0.357 e. The van der Waals surface area contributed by atoms with Gasteiger partial charge in [0.15, 0.2) is 11.9 Å². The molecule has 0 spiro atoms. The molecule has 0 aliphatic carbocycles. The molecule has 25 heavy (non-hydrogen) atoms. The largest absolute Gasteiger partial charge is 0.357 e. The summed E-state index contributed by atoms with van der Waals surface area (Å²) in [5, 5.41) is 0.435. The fourth-order valence-corrected chi connectivity index (χ4v) is 4.63. The number of hydrogen-bond donors (Lipinski definition) is 0. The molecular weight excluding hydrogens is 414 g/mol. The average Bonchev–Trinajstić information content (AvgIpc) is 3.34. The minimum absolute atomic E-state index is 0.275. The van der Waals surface area contributed by atoms with Crippen LogP contribution in [0.2, 0.25) is 5.02 Å². The second kappa shape index (κ2) is 5.37. The highest BCUT2D eigenvalue weighted by Gasteiger charge is 2.71. The standard InChI is InChI=1S/C17H13BrClNO5/c18-9-2-1-8(7-10(9)19)20-14(21)12-11-3-4-17(25-11,13(12)15(20)22)16-23-5-6-24-16/h1-4,7,11-13,16H,5-6H2/t11-,12+,13+,17-/m1/s1. The normalized spacial score (nSPS) is 36.7. The fraction of sp³-hybridized carbons (Fsp3) is 0.412. The zero-order chi connectivity index (χ0) is 17.3. The number of fused-ring (bicyclic) bond motifs is 5. The molecule has 3 fully saturated rings. The zero-order valence-electron chi connectivity index (χ0n) is 12.9. The summed E-state index contributed by atoms with van der Waals surface area (Å²) in [6.07, 6.45) is 2.53. The number of imide groups is 1. The molecular formula is C17H13BrClNO5. The summed E-state index contributed by atoms with van der Waals surface area (Å²) in [6, 6.07) is 5.01. The molecule has 4 heterocycles. The van der Waals surface area contributed by atoms with Crippen LogP contribution in [0.15, 0.2) is 34.8 Å². The van der Waals surface area contributed by atoms with Crippen LogP contribution in [-0.2, 0) is 23.8 Å². The van der Waals surface area contributed by atoms with Crippen LogP contribution >= 0.6 is 27.5 Å². The number of anilines is 1. The molecule has 2 bridgehead atoms. The van der Waals surface area contributed by atoms with Gasteiger partial charge < -0.3 is 14.2 Å². The number of carbonyl (C=O) groups is 2. The van der Waals surface area contributed by atoms with E-state index in [1.165, 1.54) is 4.90 Å². The van der Waals surface area contributed by atoms with E-state index in [4.69, 9.17) is 25.8 Å². The number of amides is 2. The number of halogens is 2. The van der Waals surface area contributed by atoms with Crippen molar-refractivity contribution in [2.24, 2.45) is 11.8 Å². The van der Waals surface area contributed by atoms with Gasteiger partial charge in [-0.3, -0.25) is 9.59 Å². The second-order valence-electron chi connectivity index (χ2n) is 6.48. The van der Waals surface area contributed by atoms with Gasteiger partial charge in [0.05, 0.1) is 41.9 Å². The monoisotopic (exact) mass is 425 g/mol. The molecule has 0 saturated carbocycles. The van der Waals surface area contributed by atoms with Crippen molar-refractivity contribution in [3.8, 4) is 0 Å². The third kappa shape index (κ3) is 2.01. The number of nitrogens with zero attached hydrogens (tertiary/aromatic N) is 1. The van der Waals surface area contributed by atoms with E-state index >= 15 is 0 Å². The maximum Gasteiger partial charge on any atom is 0.241 e. The average molecular weight is 427 g/mol. The van der Waals surface area contributed by atoms with Crippen molar-refractivity contribution >= 4 is 45.0 Å². The summed E-state index contributed by atoms with van der Waals surface area (Å²) in [7, 11) is 0. The molecule has 1 aromatic carbocycles. The van der Waals surface area contributed by atoms with Gasteiger partial charge in [0.2, 0.25) is 11.8 Å². The van der Waals surface area contributed by atoms with Crippen molar-refractivity contribution < 1.29 is 23.8 Å². The highest BCUT2D eigenvalue weighted by atomic mass is 79.9. The molecule has 8 heteroatoms. The quantitative estimate of drug-likeness (QED) is 0.536. The molecule has 2 amide bonds. The summed E-state index contributed by atoms with van der Waals surface area (Å²) < 4.78 is 18.0. The Morgan fingerprint density at radius 1 is 1.20 bits per heavy atom. The van der Waals surface area contributed by atoms with Crippen molar-refractivity contribution in [1.29, 1.82) is 0 Å². The molecule has 0 unspecified atom stereocenters. The maximum atomic E-state index is 13.2. The number of hydrogen-bond acceptors (Lipinski definition) is 5. The van der Waals surface area contributed by atoms with E-state index in [9.17, 15) is 9.59 Å². The molecule has 4 atom stereocenters. The first-order valence-electron chi connectivity index (χ1n) is 7.96. The number of rotatable bonds is 2. The Morgan fingerprint density at radius 2 is 1.96 bits per heavy atom. The van der Waals surface area contributed by atoms with Crippen molar-refractivity contribution in [3.63, 3.8) is 0 Å². The van der Waals surface area contributed by atoms with Crippen molar-refractivity contribution in [3.05, 3.63) is 39.8 Å². The van der Waals surface area contributed by atoms with Crippen LogP contribution in [0.4, 0.5) is 5.69 Å². The first-order chi connectivity index (χ1) is 12.0. The van der Waals surface area contributed by atoms with Crippen LogP contribution in [0.5, 0.6) is 0 Å². The van der Waals surface area contributed by atoms with Gasteiger partial charge in [0.25, 0.3) is 0 Å². The zero-order valence-corrected chi connectivity index (χ0v) is 15.2. The van der Waals surface area contributed by atoms with Gasteiger partial charge in [-0.05, 0) is 40.2 Å². The first kappa shape index (κ1) is 16.0. The summed E-state index contributed by atoms with van der Waals surface area (Å²) in [5.41, 5.74) is -0.577. The van der Waals surface area contributed by atoms with Crippen LogP contribution in [0.3, 0.4) is 0 Å². The molecule has 6 nitrogen and oxygen atoms in total. The number of benzene rings is 1. The van der Waals surface area contributed by atoms with E-state index in [1.54, 1.807) is 18.2 Å². The molecule has 1 aromatic rings. The smallest absolute Gasteiger partial charge is 0.241 e. The fourth-order valence-electron chi connectivity index (χ4n) is 4.20. The third-order valence-corrected chi connectivity index (χ3v) is 6.46. The molecule has 5 rings (SSSR count). The van der Waals surface area contributed by atoms with Crippen LogP contribution in [-0.4, -0.2) is 43.0 Å². The Balaban J connectivity index is 1.56. The van der Waals surface area contributed by atoms with Gasteiger partial charge in [-0.25, -0.2) is 4.90 Å². The van der Waals surface area contributed by atoms with Crippen molar-refractivity contribution in [2.45, 2.75) is 18.0 Å². The summed E-state index contributed by atoms with van der Waals surface area (Å²) >= 11 is 9.45. The Morgan fingerprint density at radius 3 is 2.68 bits per heavy atom. The Bertz CT molecular complexity index is 823. The Labute approximate surface area is 156 Å². The molecule has 4 aliphatic rings. The summed E-state index contributed by atoms with van der Waals surface area (Å²) in [5.74, 6) is -1.80. The van der Waals surface area contributed by atoms with Gasteiger partial charge >= 0.3 is 0 Å². The summed E-state index contributed by atoms with van der Waals surface area (Å²) in [4.78, 5) is 27.4. The highest BCUT2D eigenvalue weighted by molar-refractivity contribution is 9.10. The predicted octanol–water partition coefficient (Wildman–Crippen LogP) is 2.29. The molecule has 4 aliphatic heterocycles. The predicted molar refractivity (Wildman–Crippen MR) is 91.1 cm³/mol. The van der Waals surface area contributed by atoms with Crippen molar-refractivity contribution in [1.82, 2.24) is 0 Å². The number of ether oxygens (including phenoxy) is 3. The Hall–Kier alpha value is -1.25. The van der Waals surface area contributed by atoms with E-state index in [1.807, 2.05) is 12.2 Å². The second-order valence-corrected chi connectivity index (χ2v) is 7.74. The first-order valence-corrected chi connectivity index (χ1v) is 9.13. The third-order valence-electron chi connectivity index (χ3n) is 5.23. The topological polar surface area (TPSA) is 65.1 Å². The minimum atomic E-state index is -1.04. The van der Waals surface area contributed by atoms with Crippen LogP contribution in [0, 0.1) is 11.8 Å². The molecule has 130 valence electrons. The van der Waals surface area contributed by atoms with Gasteiger partial charge in [-0.2, -0.15) is 0 Å². The number of carbonyl (C=O) groups excluding carboxylic acids is 2. The lowest BCUT2D eigenvalue weighted by molar-refractivity contribution is -0.180. The molecule has 3 saturated heterocycles. The van der Waals surface area contributed by atoms with E-state index < -0.39 is 29.8 Å². The van der Waals surface area contributed by atoms with Crippen LogP contribution in [0.1, 0.15) is 0 Å². The van der Waals surface area contributed by atoms with Crippen LogP contribution < -0.4 is 4.90 Å². The van der Waals surface area contributed by atoms with E-state index in [2.05, 4.69) is 15.9 Å². The maximum absolute atomic E-state index is 13.2. The molecule has 0 N–H and O–H groups in total. The van der Waals surface area contributed by atoms with Gasteiger partial charge in [0, 0.05) is 4.47 Å². The molecule has 0 radical (unpaired) electrons. The Kier molecular flexibility index (Phi) is 3.43. The highest BCUT2D eigenvalue weighted by Crippen LogP contribution is 2.55. The van der Waals surface area contributed by atoms with E-state index in [0.29, 0.717) is 28.4 Å².